The molecule has 1 aromatic rings. The van der Waals surface area contributed by atoms with Gasteiger partial charge in [-0.3, -0.25) is 4.79 Å². The lowest BCUT2D eigenvalue weighted by Crippen LogP contribution is -2.49. The number of hydrogen-bond donors (Lipinski definition) is 2. The molecule has 2 N–H and O–H groups in total. The van der Waals surface area contributed by atoms with Crippen molar-refractivity contribution < 1.29 is 14.7 Å². The number of nitrogens with one attached hydrogen (secondary N) is 1. The van der Waals surface area contributed by atoms with Gasteiger partial charge in [0, 0.05) is 5.56 Å². The third-order valence-electron chi connectivity index (χ3n) is 2.00. The van der Waals surface area contributed by atoms with E-state index in [9.17, 15) is 9.59 Å². The van der Waals surface area contributed by atoms with Crippen LogP contribution in [-0.2, 0) is 4.79 Å². The Morgan fingerprint density at radius 1 is 1.20 bits per heavy atom. The Morgan fingerprint density at radius 3 is 2.20 bits per heavy atom. The second kappa shape index (κ2) is 4.13. The third-order valence-corrected chi connectivity index (χ3v) is 2.00. The Morgan fingerprint density at radius 2 is 1.73 bits per heavy atom. The molecular weight excluding hydrogens is 194 g/mol. The largest absolute Gasteiger partial charge is 0.480 e. The topological polar surface area (TPSA) is 66.4 Å². The average Bonchev–Trinajstić information content (AvgIpc) is 2.18. The van der Waals surface area contributed by atoms with Gasteiger partial charge in [-0.15, -0.1) is 0 Å². The number of amides is 1. The normalized spacial score (nSPS) is 10.8. The fourth-order valence-electron chi connectivity index (χ4n) is 0.999. The zero-order chi connectivity index (χ0) is 11.5. The molecule has 1 rings (SSSR count). The molecule has 4 heteroatoms. The van der Waals surface area contributed by atoms with E-state index in [1.165, 1.54) is 13.8 Å². The fourth-order valence-corrected chi connectivity index (χ4v) is 0.999. The molecule has 0 aromatic heterocycles. The van der Waals surface area contributed by atoms with Gasteiger partial charge in [0.1, 0.15) is 5.54 Å². The van der Waals surface area contributed by atoms with Crippen LogP contribution in [0.1, 0.15) is 24.2 Å². The van der Waals surface area contributed by atoms with E-state index in [0.29, 0.717) is 5.56 Å². The molecular formula is C11H13NO3. The Kier molecular flexibility index (Phi) is 3.09. The van der Waals surface area contributed by atoms with Crippen molar-refractivity contribution in [2.45, 2.75) is 19.4 Å². The molecule has 0 aliphatic rings. The van der Waals surface area contributed by atoms with E-state index < -0.39 is 11.5 Å². The zero-order valence-corrected chi connectivity index (χ0v) is 8.65. The highest BCUT2D eigenvalue weighted by Crippen LogP contribution is 2.05. The Bertz CT molecular complexity index is 371. The van der Waals surface area contributed by atoms with Crippen LogP contribution in [0.3, 0.4) is 0 Å². The van der Waals surface area contributed by atoms with Gasteiger partial charge in [-0.25, -0.2) is 4.79 Å². The molecule has 0 fully saturated rings. The first-order valence-electron chi connectivity index (χ1n) is 4.54. The Hall–Kier alpha value is -1.84. The second-order valence-electron chi connectivity index (χ2n) is 3.75. The number of carbonyl (C=O) groups excluding carboxylic acids is 1. The maximum absolute atomic E-state index is 11.6. The van der Waals surface area contributed by atoms with Gasteiger partial charge < -0.3 is 10.4 Å². The van der Waals surface area contributed by atoms with Crippen LogP contribution in [0.4, 0.5) is 0 Å². The smallest absolute Gasteiger partial charge is 0.328 e. The first kappa shape index (κ1) is 11.2. The summed E-state index contributed by atoms with van der Waals surface area (Å²) in [6.07, 6.45) is 0. The summed E-state index contributed by atoms with van der Waals surface area (Å²) in [7, 11) is 0. The molecule has 0 bridgehead atoms. The van der Waals surface area contributed by atoms with Crippen LogP contribution in [0.2, 0.25) is 0 Å². The third kappa shape index (κ3) is 2.80. The van der Waals surface area contributed by atoms with E-state index in [1.807, 2.05) is 0 Å². The summed E-state index contributed by atoms with van der Waals surface area (Å²) in [5.74, 6) is -1.45. The Balaban J connectivity index is 2.77. The van der Waals surface area contributed by atoms with Gasteiger partial charge in [0.2, 0.25) is 0 Å². The van der Waals surface area contributed by atoms with Crippen molar-refractivity contribution in [2.24, 2.45) is 0 Å². The molecule has 0 unspecified atom stereocenters. The van der Waals surface area contributed by atoms with Gasteiger partial charge in [0.25, 0.3) is 5.91 Å². The van der Waals surface area contributed by atoms with Crippen LogP contribution >= 0.6 is 0 Å². The molecule has 0 heterocycles. The van der Waals surface area contributed by atoms with E-state index in [2.05, 4.69) is 5.32 Å². The highest BCUT2D eigenvalue weighted by Gasteiger charge is 2.29. The highest BCUT2D eigenvalue weighted by atomic mass is 16.4. The minimum absolute atomic E-state index is 0.386. The molecule has 0 spiro atoms. The molecule has 1 aromatic carbocycles. The van der Waals surface area contributed by atoms with Crippen LogP contribution < -0.4 is 5.32 Å². The molecule has 0 saturated heterocycles. The van der Waals surface area contributed by atoms with Crippen LogP contribution in [0.5, 0.6) is 0 Å². The number of carboxylic acids is 1. The van der Waals surface area contributed by atoms with Gasteiger partial charge >= 0.3 is 5.97 Å². The molecule has 0 saturated carbocycles. The van der Waals surface area contributed by atoms with Gasteiger partial charge in [-0.1, -0.05) is 18.2 Å². The number of carbonyl (C=O) groups is 2. The van der Waals surface area contributed by atoms with E-state index >= 15 is 0 Å². The summed E-state index contributed by atoms with van der Waals surface area (Å²) >= 11 is 0. The molecule has 80 valence electrons. The van der Waals surface area contributed by atoms with Crippen LogP contribution in [-0.4, -0.2) is 22.5 Å². The van der Waals surface area contributed by atoms with E-state index in [0.717, 1.165) is 0 Å². The molecule has 4 nitrogen and oxygen atoms in total. The molecule has 0 aliphatic heterocycles. The predicted octanol–water partition coefficient (Wildman–Crippen LogP) is 1.28. The minimum Gasteiger partial charge on any atom is -0.480 e. The Labute approximate surface area is 87.9 Å². The van der Waals surface area contributed by atoms with Crippen molar-refractivity contribution in [1.29, 1.82) is 0 Å². The summed E-state index contributed by atoms with van der Waals surface area (Å²) in [5.41, 5.74) is -0.806. The van der Waals surface area contributed by atoms with Crippen LogP contribution in [0, 0.1) is 0 Å². The summed E-state index contributed by atoms with van der Waals surface area (Å²) < 4.78 is 0. The predicted molar refractivity (Wildman–Crippen MR) is 55.6 cm³/mol. The number of carboxylic acid groups (broad SMARTS) is 1. The summed E-state index contributed by atoms with van der Waals surface area (Å²) in [4.78, 5) is 22.4. The van der Waals surface area contributed by atoms with Gasteiger partial charge in [-0.2, -0.15) is 0 Å². The fraction of sp³-hybridized carbons (Fsp3) is 0.273. The lowest BCUT2D eigenvalue weighted by atomic mass is 10.1. The quantitative estimate of drug-likeness (QED) is 0.784. The van der Waals surface area contributed by atoms with Crippen LogP contribution in [0.25, 0.3) is 0 Å². The average molecular weight is 207 g/mol. The summed E-state index contributed by atoms with van der Waals surface area (Å²) in [6.45, 7) is 2.88. The standard InChI is InChI=1S/C11H13NO3/c1-11(2,10(14)15)12-9(13)8-6-4-3-5-7-8/h3-7H,1-2H3,(H,12,13)(H,14,15). The number of aliphatic carboxylic acids is 1. The van der Waals surface area contributed by atoms with E-state index in [4.69, 9.17) is 5.11 Å². The summed E-state index contributed by atoms with van der Waals surface area (Å²) in [5, 5.41) is 11.3. The first-order valence-corrected chi connectivity index (χ1v) is 4.54. The first-order chi connectivity index (χ1) is 6.93. The van der Waals surface area contributed by atoms with E-state index in [1.54, 1.807) is 30.3 Å². The molecule has 0 radical (unpaired) electrons. The highest BCUT2D eigenvalue weighted by molar-refractivity contribution is 5.97. The summed E-state index contributed by atoms with van der Waals surface area (Å²) in [6, 6.07) is 8.50. The number of benzene rings is 1. The lowest BCUT2D eigenvalue weighted by Gasteiger charge is -2.20. The van der Waals surface area contributed by atoms with Crippen LogP contribution in [0.15, 0.2) is 30.3 Å². The lowest BCUT2D eigenvalue weighted by molar-refractivity contribution is -0.143. The van der Waals surface area contributed by atoms with E-state index in [-0.39, 0.29) is 5.91 Å². The maximum Gasteiger partial charge on any atom is 0.328 e. The van der Waals surface area contributed by atoms with Crippen molar-refractivity contribution >= 4 is 11.9 Å². The monoisotopic (exact) mass is 207 g/mol. The van der Waals surface area contributed by atoms with Crippen molar-refractivity contribution in [2.75, 3.05) is 0 Å². The van der Waals surface area contributed by atoms with Crippen molar-refractivity contribution in [3.05, 3.63) is 35.9 Å². The SMILES string of the molecule is CC(C)(NC(=O)c1ccccc1)C(=O)O. The minimum atomic E-state index is -1.26. The van der Waals surface area contributed by atoms with Gasteiger partial charge in [0.15, 0.2) is 0 Å². The maximum atomic E-state index is 11.6. The van der Waals surface area contributed by atoms with Gasteiger partial charge in [-0.05, 0) is 26.0 Å². The van der Waals surface area contributed by atoms with Crippen molar-refractivity contribution in [3.63, 3.8) is 0 Å². The van der Waals surface area contributed by atoms with Crippen molar-refractivity contribution in [1.82, 2.24) is 5.32 Å². The number of hydrogen-bond acceptors (Lipinski definition) is 2. The number of rotatable bonds is 3. The molecule has 15 heavy (non-hydrogen) atoms. The van der Waals surface area contributed by atoms with Crippen molar-refractivity contribution in [3.8, 4) is 0 Å². The molecule has 0 aliphatic carbocycles. The second-order valence-corrected chi connectivity index (χ2v) is 3.75. The van der Waals surface area contributed by atoms with Gasteiger partial charge in [0.05, 0.1) is 0 Å². The molecule has 0 atom stereocenters. The molecule has 1 amide bonds. The zero-order valence-electron chi connectivity index (χ0n) is 8.65.